The molecule has 0 radical (unpaired) electrons. The van der Waals surface area contributed by atoms with Gasteiger partial charge in [0.15, 0.2) is 0 Å². The number of nitrogen functional groups attached to an aromatic ring is 1. The molecule has 0 aromatic heterocycles. The molecule has 1 aromatic rings. The Bertz CT molecular complexity index is 310. The Hall–Kier alpha value is -1.18. The first-order chi connectivity index (χ1) is 7.74. The molecule has 2 N–H and O–H groups in total. The van der Waals surface area contributed by atoms with Gasteiger partial charge < -0.3 is 10.5 Å². The zero-order valence-electron chi connectivity index (χ0n) is 10.5. The molecule has 2 heteroatoms. The fourth-order valence-electron chi connectivity index (χ4n) is 1.66. The number of rotatable bonds is 7. The maximum Gasteiger partial charge on any atom is 0.124 e. The minimum atomic E-state index is 0.770. The summed E-state index contributed by atoms with van der Waals surface area (Å²) in [5.74, 6) is 0.926. The van der Waals surface area contributed by atoms with Crippen molar-refractivity contribution in [3.8, 4) is 5.75 Å². The Morgan fingerprint density at radius 1 is 1.12 bits per heavy atom. The number of hydrogen-bond acceptors (Lipinski definition) is 2. The maximum absolute atomic E-state index is 5.72. The molecule has 1 aromatic carbocycles. The molecule has 0 spiro atoms. The highest BCUT2D eigenvalue weighted by atomic mass is 16.5. The number of nitrogens with two attached hydrogens (primary N) is 1. The Kier molecular flexibility index (Phi) is 5.76. The summed E-state index contributed by atoms with van der Waals surface area (Å²) >= 11 is 0. The summed E-state index contributed by atoms with van der Waals surface area (Å²) in [6.07, 6.45) is 6.33. The lowest BCUT2D eigenvalue weighted by Crippen LogP contribution is -1.99. The van der Waals surface area contributed by atoms with E-state index < -0.39 is 0 Å². The van der Waals surface area contributed by atoms with Gasteiger partial charge >= 0.3 is 0 Å². The molecule has 90 valence electrons. The molecule has 0 saturated heterocycles. The topological polar surface area (TPSA) is 35.2 Å². The van der Waals surface area contributed by atoms with Gasteiger partial charge in [0.2, 0.25) is 0 Å². The van der Waals surface area contributed by atoms with Crippen LogP contribution in [-0.2, 0) is 0 Å². The van der Waals surface area contributed by atoms with Gasteiger partial charge in [-0.3, -0.25) is 0 Å². The van der Waals surface area contributed by atoms with Crippen LogP contribution in [0.3, 0.4) is 0 Å². The van der Waals surface area contributed by atoms with Crippen LogP contribution in [0.25, 0.3) is 0 Å². The van der Waals surface area contributed by atoms with Crippen molar-refractivity contribution in [3.05, 3.63) is 23.8 Å². The molecular weight excluding hydrogens is 198 g/mol. The Morgan fingerprint density at radius 3 is 2.62 bits per heavy atom. The predicted molar refractivity (Wildman–Crippen MR) is 69.8 cm³/mol. The van der Waals surface area contributed by atoms with Gasteiger partial charge in [0.1, 0.15) is 5.75 Å². The normalized spacial score (nSPS) is 10.4. The zero-order valence-corrected chi connectivity index (χ0v) is 10.5. The van der Waals surface area contributed by atoms with Gasteiger partial charge in [-0.25, -0.2) is 0 Å². The molecular formula is C14H23NO. The average Bonchev–Trinajstić information content (AvgIpc) is 2.28. The third-order valence-corrected chi connectivity index (χ3v) is 2.72. The quantitative estimate of drug-likeness (QED) is 0.559. The second kappa shape index (κ2) is 7.15. The summed E-state index contributed by atoms with van der Waals surface area (Å²) < 4.78 is 5.72. The molecule has 16 heavy (non-hydrogen) atoms. The molecule has 1 rings (SSSR count). The van der Waals surface area contributed by atoms with E-state index in [1.54, 1.807) is 0 Å². The summed E-state index contributed by atoms with van der Waals surface area (Å²) in [4.78, 5) is 0. The summed E-state index contributed by atoms with van der Waals surface area (Å²) in [7, 11) is 0. The second-order valence-electron chi connectivity index (χ2n) is 4.29. The van der Waals surface area contributed by atoms with Crippen molar-refractivity contribution in [2.45, 2.75) is 46.0 Å². The van der Waals surface area contributed by atoms with E-state index in [1.807, 2.05) is 25.1 Å². The number of aryl methyl sites for hydroxylation is 1. The zero-order chi connectivity index (χ0) is 11.8. The smallest absolute Gasteiger partial charge is 0.124 e. The highest BCUT2D eigenvalue weighted by molar-refractivity contribution is 5.47. The van der Waals surface area contributed by atoms with Crippen molar-refractivity contribution in [2.75, 3.05) is 12.3 Å². The minimum Gasteiger partial charge on any atom is -0.493 e. The van der Waals surface area contributed by atoms with Gasteiger partial charge in [-0.05, 0) is 25.0 Å². The van der Waals surface area contributed by atoms with E-state index in [9.17, 15) is 0 Å². The Balaban J connectivity index is 2.23. The predicted octanol–water partition coefficient (Wildman–Crippen LogP) is 3.93. The number of benzene rings is 1. The van der Waals surface area contributed by atoms with E-state index in [2.05, 4.69) is 6.92 Å². The highest BCUT2D eigenvalue weighted by Gasteiger charge is 1.99. The van der Waals surface area contributed by atoms with Crippen molar-refractivity contribution in [1.82, 2.24) is 0 Å². The van der Waals surface area contributed by atoms with E-state index in [0.717, 1.165) is 30.0 Å². The van der Waals surface area contributed by atoms with E-state index in [0.29, 0.717) is 0 Å². The van der Waals surface area contributed by atoms with Crippen molar-refractivity contribution >= 4 is 5.69 Å². The summed E-state index contributed by atoms with van der Waals surface area (Å²) in [5.41, 5.74) is 7.64. The third-order valence-electron chi connectivity index (χ3n) is 2.72. The Morgan fingerprint density at radius 2 is 1.88 bits per heavy atom. The van der Waals surface area contributed by atoms with Crippen LogP contribution in [0, 0.1) is 6.92 Å². The van der Waals surface area contributed by atoms with Crippen molar-refractivity contribution in [1.29, 1.82) is 0 Å². The molecule has 0 aliphatic heterocycles. The summed E-state index contributed by atoms with van der Waals surface area (Å²) in [5, 5.41) is 0. The third kappa shape index (κ3) is 4.56. The van der Waals surface area contributed by atoms with Crippen LogP contribution < -0.4 is 10.5 Å². The number of hydrogen-bond donors (Lipinski definition) is 1. The van der Waals surface area contributed by atoms with Gasteiger partial charge in [0, 0.05) is 11.8 Å². The van der Waals surface area contributed by atoms with Gasteiger partial charge in [-0.15, -0.1) is 0 Å². The fourth-order valence-corrected chi connectivity index (χ4v) is 1.66. The lowest BCUT2D eigenvalue weighted by Gasteiger charge is -2.09. The molecule has 0 aliphatic rings. The highest BCUT2D eigenvalue weighted by Crippen LogP contribution is 2.21. The first kappa shape index (κ1) is 12.9. The van der Waals surface area contributed by atoms with Crippen molar-refractivity contribution < 1.29 is 4.74 Å². The minimum absolute atomic E-state index is 0.770. The lowest BCUT2D eigenvalue weighted by molar-refractivity contribution is 0.303. The Labute approximate surface area is 98.8 Å². The van der Waals surface area contributed by atoms with Crippen LogP contribution in [0.15, 0.2) is 18.2 Å². The molecule has 0 fully saturated rings. The van der Waals surface area contributed by atoms with Crippen LogP contribution in [-0.4, -0.2) is 6.61 Å². The van der Waals surface area contributed by atoms with Crippen LogP contribution in [0.5, 0.6) is 5.75 Å². The molecule has 2 nitrogen and oxygen atoms in total. The number of anilines is 1. The standard InChI is InChI=1S/C14H23NO/c1-3-4-5-6-7-10-16-14-11-13(15)9-8-12(14)2/h8-9,11H,3-7,10,15H2,1-2H3. The largest absolute Gasteiger partial charge is 0.493 e. The van der Waals surface area contributed by atoms with Crippen LogP contribution >= 0.6 is 0 Å². The molecule has 0 heterocycles. The lowest BCUT2D eigenvalue weighted by atomic mass is 10.1. The number of ether oxygens (including phenoxy) is 1. The maximum atomic E-state index is 5.72. The second-order valence-corrected chi connectivity index (χ2v) is 4.29. The van der Waals surface area contributed by atoms with Gasteiger partial charge in [-0.1, -0.05) is 38.7 Å². The van der Waals surface area contributed by atoms with E-state index in [-0.39, 0.29) is 0 Å². The van der Waals surface area contributed by atoms with Gasteiger partial charge in [-0.2, -0.15) is 0 Å². The SMILES string of the molecule is CCCCCCCOc1cc(N)ccc1C. The van der Waals surface area contributed by atoms with Crippen molar-refractivity contribution in [2.24, 2.45) is 0 Å². The summed E-state index contributed by atoms with van der Waals surface area (Å²) in [6.45, 7) is 5.08. The summed E-state index contributed by atoms with van der Waals surface area (Å²) in [6, 6.07) is 5.81. The monoisotopic (exact) mass is 221 g/mol. The van der Waals surface area contributed by atoms with Crippen LogP contribution in [0.1, 0.15) is 44.6 Å². The molecule has 0 atom stereocenters. The van der Waals surface area contributed by atoms with E-state index in [1.165, 1.54) is 25.7 Å². The number of unbranched alkanes of at least 4 members (excludes halogenated alkanes) is 4. The van der Waals surface area contributed by atoms with Crippen LogP contribution in [0.2, 0.25) is 0 Å². The average molecular weight is 221 g/mol. The first-order valence-electron chi connectivity index (χ1n) is 6.23. The molecule has 0 aliphatic carbocycles. The van der Waals surface area contributed by atoms with Gasteiger partial charge in [0.25, 0.3) is 0 Å². The van der Waals surface area contributed by atoms with Crippen molar-refractivity contribution in [3.63, 3.8) is 0 Å². The van der Waals surface area contributed by atoms with Gasteiger partial charge in [0.05, 0.1) is 6.61 Å². The molecule has 0 saturated carbocycles. The van der Waals surface area contributed by atoms with E-state index in [4.69, 9.17) is 10.5 Å². The molecule has 0 bridgehead atoms. The first-order valence-corrected chi connectivity index (χ1v) is 6.23. The molecule has 0 unspecified atom stereocenters. The fraction of sp³-hybridized carbons (Fsp3) is 0.571. The van der Waals surface area contributed by atoms with E-state index >= 15 is 0 Å². The van der Waals surface area contributed by atoms with Crippen LogP contribution in [0.4, 0.5) is 5.69 Å². The molecule has 0 amide bonds.